The maximum Gasteiger partial charge on any atom is 0.338 e. The fourth-order valence-electron chi connectivity index (χ4n) is 5.14. The van der Waals surface area contributed by atoms with Gasteiger partial charge in [0.25, 0.3) is 5.69 Å². The molecule has 12 nitrogen and oxygen atoms in total. The van der Waals surface area contributed by atoms with Gasteiger partial charge in [-0.3, -0.25) is 10.1 Å². The van der Waals surface area contributed by atoms with Crippen LogP contribution in [0.4, 0.5) is 53.0 Å². The van der Waals surface area contributed by atoms with Crippen molar-refractivity contribution in [2.24, 2.45) is 0 Å². The number of carboxylic acid groups (broad SMARTS) is 3. The molecular formula is C41H29Br3F3IN4O8. The quantitative estimate of drug-likeness (QED) is 0.0435. The Morgan fingerprint density at radius 1 is 0.600 bits per heavy atom. The first-order chi connectivity index (χ1) is 28.2. The van der Waals surface area contributed by atoms with Crippen molar-refractivity contribution in [2.45, 2.75) is 13.8 Å². The maximum absolute atomic E-state index is 13.8. The normalized spacial score (nSPS) is 10.3. The summed E-state index contributed by atoms with van der Waals surface area (Å²) in [4.78, 5) is 43.5. The van der Waals surface area contributed by atoms with Crippen LogP contribution in [0.15, 0.2) is 117 Å². The monoisotopic (exact) mass is 1130 g/mol. The number of aryl methyl sites for hydroxylation is 2. The Bertz CT molecular complexity index is 2640. The summed E-state index contributed by atoms with van der Waals surface area (Å²) in [5.41, 5.74) is 3.01. The smallest absolute Gasteiger partial charge is 0.338 e. The summed E-state index contributed by atoms with van der Waals surface area (Å²) in [6.45, 7) is 3.65. The van der Waals surface area contributed by atoms with Crippen LogP contribution >= 0.6 is 70.4 Å². The minimum atomic E-state index is -1.33. The fraction of sp³-hybridized carbons (Fsp3) is 0.0488. The van der Waals surface area contributed by atoms with E-state index in [9.17, 15) is 42.8 Å². The number of aromatic carboxylic acids is 3. The molecule has 6 rings (SSSR count). The third-order valence-electron chi connectivity index (χ3n) is 8.09. The van der Waals surface area contributed by atoms with Gasteiger partial charge in [-0.1, -0.05) is 31.9 Å². The predicted molar refractivity (Wildman–Crippen MR) is 241 cm³/mol. The number of non-ortho nitro benzene ring substituents is 1. The standard InChI is InChI=1S/C14H10BrF2NO2.C14H11BrFNO2.C13H8BrIN2O4/c1-7-6-8(15)2-5-11(7)18-13-9(14(19)20)3-4-10(16)12(13)17;1-8-6-9(15)2-5-12(8)17-13-7-10(16)3-4-11(13)14(18)19;14-10-5-7(15)1-3-12(10)16-11-4-2-8(17(20)21)6-9(11)13(18)19/h2-6,18H,1H3,(H,19,20);2-7,17H,1H3,(H,18,19);1-6,16H,(H,18,19). The first-order valence-corrected chi connectivity index (χ1v) is 20.3. The van der Waals surface area contributed by atoms with Crippen LogP contribution in [-0.2, 0) is 0 Å². The molecule has 0 spiro atoms. The second-order valence-corrected chi connectivity index (χ2v) is 16.2. The second kappa shape index (κ2) is 21.1. The zero-order chi connectivity index (χ0) is 44.4. The van der Waals surface area contributed by atoms with E-state index in [4.69, 9.17) is 10.2 Å². The summed E-state index contributed by atoms with van der Waals surface area (Å²) in [5, 5.41) is 46.6. The molecule has 0 saturated carbocycles. The van der Waals surface area contributed by atoms with Crippen molar-refractivity contribution in [1.82, 2.24) is 0 Å². The number of carboxylic acids is 3. The molecule has 6 aromatic carbocycles. The van der Waals surface area contributed by atoms with Gasteiger partial charge in [-0.2, -0.15) is 0 Å². The molecule has 0 amide bonds. The molecule has 310 valence electrons. The summed E-state index contributed by atoms with van der Waals surface area (Å²) >= 11 is 12.2. The molecule has 0 atom stereocenters. The molecule has 60 heavy (non-hydrogen) atoms. The number of carbonyl (C=O) groups is 3. The molecule has 0 saturated heterocycles. The Labute approximate surface area is 378 Å². The second-order valence-electron chi connectivity index (χ2n) is 12.3. The van der Waals surface area contributed by atoms with Gasteiger partial charge in [-0.05, 0) is 154 Å². The molecule has 0 bridgehead atoms. The zero-order valence-electron chi connectivity index (χ0n) is 30.8. The van der Waals surface area contributed by atoms with Gasteiger partial charge in [-0.15, -0.1) is 0 Å². The molecule has 0 unspecified atom stereocenters. The number of rotatable bonds is 10. The SMILES string of the molecule is Cc1cc(Br)ccc1Nc1c(C(=O)O)ccc(F)c1F.Cc1cc(Br)ccc1Nc1cc(F)ccc1C(=O)O.O=C(O)c1cc([N+](=O)[O-])ccc1Nc1ccc(I)cc1Br. The number of hydrogen-bond acceptors (Lipinski definition) is 8. The molecule has 0 aromatic heterocycles. The lowest BCUT2D eigenvalue weighted by atomic mass is 10.1. The zero-order valence-corrected chi connectivity index (χ0v) is 37.7. The van der Waals surface area contributed by atoms with E-state index < -0.39 is 40.3 Å². The summed E-state index contributed by atoms with van der Waals surface area (Å²) < 4.78 is 43.9. The molecule has 0 aliphatic carbocycles. The summed E-state index contributed by atoms with van der Waals surface area (Å²) in [6.07, 6.45) is 0. The van der Waals surface area contributed by atoms with Crippen LogP contribution in [0.5, 0.6) is 0 Å². The molecule has 0 radical (unpaired) electrons. The van der Waals surface area contributed by atoms with E-state index in [0.29, 0.717) is 11.4 Å². The highest BCUT2D eigenvalue weighted by Crippen LogP contribution is 2.32. The Morgan fingerprint density at radius 2 is 1.12 bits per heavy atom. The maximum atomic E-state index is 13.8. The highest BCUT2D eigenvalue weighted by molar-refractivity contribution is 14.1. The fourth-order valence-corrected chi connectivity index (χ4v) is 7.49. The minimum Gasteiger partial charge on any atom is -0.478 e. The first-order valence-electron chi connectivity index (χ1n) is 16.8. The van der Waals surface area contributed by atoms with Crippen LogP contribution < -0.4 is 16.0 Å². The third-order valence-corrected chi connectivity index (χ3v) is 10.4. The van der Waals surface area contributed by atoms with Crippen molar-refractivity contribution < 1.29 is 47.8 Å². The Morgan fingerprint density at radius 3 is 1.65 bits per heavy atom. The van der Waals surface area contributed by atoms with Crippen molar-refractivity contribution >= 4 is 128 Å². The van der Waals surface area contributed by atoms with E-state index in [1.54, 1.807) is 37.3 Å². The number of halogens is 7. The van der Waals surface area contributed by atoms with Crippen LogP contribution in [0.3, 0.4) is 0 Å². The average Bonchev–Trinajstić information content (AvgIpc) is 3.17. The van der Waals surface area contributed by atoms with Crippen molar-refractivity contribution in [2.75, 3.05) is 16.0 Å². The van der Waals surface area contributed by atoms with Gasteiger partial charge in [0, 0.05) is 40.5 Å². The highest BCUT2D eigenvalue weighted by atomic mass is 127. The first kappa shape index (κ1) is 47.2. The predicted octanol–water partition coefficient (Wildman–Crippen LogP) is 13.2. The van der Waals surface area contributed by atoms with Gasteiger partial charge in [0.05, 0.1) is 44.4 Å². The van der Waals surface area contributed by atoms with E-state index in [1.807, 2.05) is 31.2 Å². The van der Waals surface area contributed by atoms with Crippen LogP contribution in [-0.4, -0.2) is 38.2 Å². The summed E-state index contributed by atoms with van der Waals surface area (Å²) in [6, 6.07) is 25.2. The Kier molecular flexibility index (Phi) is 16.6. The van der Waals surface area contributed by atoms with E-state index in [-0.39, 0.29) is 39.4 Å². The minimum absolute atomic E-state index is 0.0312. The van der Waals surface area contributed by atoms with Crippen LogP contribution in [0, 0.1) is 45.0 Å². The number of nitrogens with zero attached hydrogens (tertiary/aromatic N) is 1. The van der Waals surface area contributed by atoms with Gasteiger partial charge in [0.15, 0.2) is 11.6 Å². The molecule has 0 aliphatic rings. The Balaban J connectivity index is 0.000000199. The van der Waals surface area contributed by atoms with Crippen LogP contribution in [0.2, 0.25) is 0 Å². The number of nitro benzene ring substituents is 1. The largest absolute Gasteiger partial charge is 0.478 e. The van der Waals surface area contributed by atoms with E-state index in [2.05, 4.69) is 86.3 Å². The number of nitro groups is 1. The van der Waals surface area contributed by atoms with Crippen molar-refractivity contribution in [3.8, 4) is 0 Å². The Hall–Kier alpha value is -5.51. The molecule has 6 N–H and O–H groups in total. The van der Waals surface area contributed by atoms with Gasteiger partial charge in [0.1, 0.15) is 5.82 Å². The van der Waals surface area contributed by atoms with E-state index in [0.717, 1.165) is 58.1 Å². The number of benzene rings is 6. The molecular weight excluding hydrogens is 1100 g/mol. The molecule has 19 heteroatoms. The lowest BCUT2D eigenvalue weighted by Crippen LogP contribution is -2.07. The number of anilines is 6. The summed E-state index contributed by atoms with van der Waals surface area (Å²) in [5.74, 6) is -6.47. The molecule has 6 aromatic rings. The number of nitrogens with one attached hydrogen (secondary N) is 3. The van der Waals surface area contributed by atoms with Crippen molar-refractivity contribution in [3.63, 3.8) is 0 Å². The lowest BCUT2D eigenvalue weighted by Gasteiger charge is -2.13. The average molecular weight is 1130 g/mol. The number of hydrogen-bond donors (Lipinski definition) is 6. The van der Waals surface area contributed by atoms with Gasteiger partial charge >= 0.3 is 17.9 Å². The molecule has 0 aliphatic heterocycles. The lowest BCUT2D eigenvalue weighted by molar-refractivity contribution is -0.384. The van der Waals surface area contributed by atoms with Crippen molar-refractivity contribution in [3.05, 3.63) is 175 Å². The van der Waals surface area contributed by atoms with Gasteiger partial charge in [0.2, 0.25) is 0 Å². The van der Waals surface area contributed by atoms with Gasteiger partial charge < -0.3 is 31.3 Å². The van der Waals surface area contributed by atoms with Crippen LogP contribution in [0.1, 0.15) is 42.2 Å². The van der Waals surface area contributed by atoms with Crippen molar-refractivity contribution in [1.29, 1.82) is 0 Å². The van der Waals surface area contributed by atoms with E-state index in [1.165, 1.54) is 24.3 Å². The molecule has 0 heterocycles. The highest BCUT2D eigenvalue weighted by Gasteiger charge is 2.20. The topological polar surface area (TPSA) is 191 Å². The molecule has 0 fully saturated rings. The van der Waals surface area contributed by atoms with E-state index >= 15 is 0 Å². The van der Waals surface area contributed by atoms with Gasteiger partial charge in [-0.25, -0.2) is 27.6 Å². The summed E-state index contributed by atoms with van der Waals surface area (Å²) in [7, 11) is 0. The van der Waals surface area contributed by atoms with Crippen LogP contribution in [0.25, 0.3) is 0 Å². The third kappa shape index (κ3) is 12.7.